The number of para-hydroxylation sites is 1. The number of benzene rings is 1. The lowest BCUT2D eigenvalue weighted by molar-refractivity contribution is 0.412. The van der Waals surface area contributed by atoms with Gasteiger partial charge in [-0.1, -0.05) is 18.2 Å². The van der Waals surface area contributed by atoms with Crippen molar-refractivity contribution in [2.75, 3.05) is 51.0 Å². The molecular weight excluding hydrogens is 384 g/mol. The van der Waals surface area contributed by atoms with Gasteiger partial charge in [0.15, 0.2) is 5.96 Å². The Balaban J connectivity index is 1.53. The third-order valence-electron chi connectivity index (χ3n) is 4.45. The number of nitrogens with one attached hydrogen (secondary N) is 1. The van der Waals surface area contributed by atoms with Gasteiger partial charge in [-0.3, -0.25) is 4.99 Å². The summed E-state index contributed by atoms with van der Waals surface area (Å²) in [5, 5.41) is 4.21. The fraction of sp³-hybridized carbons (Fsp3) is 0.500. The summed E-state index contributed by atoms with van der Waals surface area (Å²) < 4.78 is 32.3. The van der Waals surface area contributed by atoms with Gasteiger partial charge in [0, 0.05) is 50.6 Å². The lowest BCUT2D eigenvalue weighted by Crippen LogP contribution is -2.44. The average molecular weight is 411 g/mol. The van der Waals surface area contributed by atoms with E-state index in [1.54, 1.807) is 23.1 Å². The van der Waals surface area contributed by atoms with Crippen molar-refractivity contribution in [2.45, 2.75) is 6.54 Å². The third-order valence-corrected chi connectivity index (χ3v) is 7.26. The molecule has 1 aromatic carbocycles. The second-order valence-corrected chi connectivity index (χ2v) is 9.72. The molecule has 7 nitrogen and oxygen atoms in total. The van der Waals surface area contributed by atoms with Gasteiger partial charge >= 0.3 is 0 Å². The average Bonchev–Trinajstić information content (AvgIpc) is 3.08. The maximum atomic E-state index is 12.4. The lowest BCUT2D eigenvalue weighted by atomic mass is 10.2. The molecule has 1 aliphatic rings. The Bertz CT molecular complexity index is 856. The highest BCUT2D eigenvalue weighted by atomic mass is 32.2. The highest BCUT2D eigenvalue weighted by Gasteiger charge is 2.23. The molecular formula is C18H26N4O3S2. The predicted molar refractivity (Wildman–Crippen MR) is 112 cm³/mol. The summed E-state index contributed by atoms with van der Waals surface area (Å²) in [5.41, 5.74) is 0.856. The van der Waals surface area contributed by atoms with Crippen molar-refractivity contribution in [3.8, 4) is 0 Å². The Morgan fingerprint density at radius 2 is 2.07 bits per heavy atom. The molecule has 1 aromatic heterocycles. The van der Waals surface area contributed by atoms with Crippen LogP contribution in [0.4, 0.5) is 0 Å². The number of aliphatic imine (C=N–C) groups is 1. The largest absolute Gasteiger partial charge is 0.459 e. The number of sulfonamides is 1. The van der Waals surface area contributed by atoms with Crippen LogP contribution in [0.3, 0.4) is 0 Å². The van der Waals surface area contributed by atoms with Gasteiger partial charge in [0.05, 0.1) is 12.3 Å². The van der Waals surface area contributed by atoms with Crippen LogP contribution in [0.15, 0.2) is 39.7 Å². The van der Waals surface area contributed by atoms with E-state index in [1.165, 1.54) is 0 Å². The van der Waals surface area contributed by atoms with Gasteiger partial charge in [0.1, 0.15) is 11.3 Å². The first-order chi connectivity index (χ1) is 13.0. The summed E-state index contributed by atoms with van der Waals surface area (Å²) in [6, 6.07) is 9.89. The van der Waals surface area contributed by atoms with Crippen LogP contribution < -0.4 is 5.32 Å². The number of furan rings is 1. The summed E-state index contributed by atoms with van der Waals surface area (Å²) in [4.78, 5) is 6.17. The Morgan fingerprint density at radius 1 is 1.33 bits per heavy atom. The first-order valence-corrected chi connectivity index (χ1v) is 11.7. The van der Waals surface area contributed by atoms with E-state index in [4.69, 9.17) is 4.42 Å². The predicted octanol–water partition coefficient (Wildman–Crippen LogP) is 1.82. The fourth-order valence-electron chi connectivity index (χ4n) is 3.05. The molecule has 9 heteroatoms. The van der Waals surface area contributed by atoms with Gasteiger partial charge in [-0.2, -0.15) is 11.8 Å². The van der Waals surface area contributed by atoms with E-state index in [9.17, 15) is 8.42 Å². The van der Waals surface area contributed by atoms with E-state index in [1.807, 2.05) is 42.3 Å². The van der Waals surface area contributed by atoms with Crippen molar-refractivity contribution in [1.29, 1.82) is 0 Å². The zero-order valence-electron chi connectivity index (χ0n) is 15.7. The van der Waals surface area contributed by atoms with Crippen molar-refractivity contribution in [2.24, 2.45) is 4.99 Å². The van der Waals surface area contributed by atoms with Crippen molar-refractivity contribution in [3.63, 3.8) is 0 Å². The number of rotatable bonds is 6. The molecule has 2 heterocycles. The van der Waals surface area contributed by atoms with E-state index in [0.717, 1.165) is 28.2 Å². The molecule has 1 fully saturated rings. The Labute approximate surface area is 164 Å². The number of fused-ring (bicyclic) bond motifs is 1. The summed E-state index contributed by atoms with van der Waals surface area (Å²) in [6.45, 7) is 2.08. The number of nitrogens with zero attached hydrogens (tertiary/aromatic N) is 3. The van der Waals surface area contributed by atoms with Crippen LogP contribution in [0.5, 0.6) is 0 Å². The molecule has 1 aliphatic heterocycles. The lowest BCUT2D eigenvalue weighted by Gasteiger charge is -2.26. The summed E-state index contributed by atoms with van der Waals surface area (Å²) in [5.74, 6) is 3.28. The van der Waals surface area contributed by atoms with E-state index >= 15 is 0 Å². The molecule has 1 N–H and O–H groups in total. The maximum absolute atomic E-state index is 12.4. The van der Waals surface area contributed by atoms with Gasteiger partial charge in [-0.05, 0) is 12.1 Å². The van der Waals surface area contributed by atoms with Crippen LogP contribution in [0, 0.1) is 0 Å². The molecule has 148 valence electrons. The van der Waals surface area contributed by atoms with Gasteiger partial charge in [-0.25, -0.2) is 12.7 Å². The number of guanidine groups is 1. The third kappa shape index (κ3) is 5.18. The molecule has 27 heavy (non-hydrogen) atoms. The maximum Gasteiger partial charge on any atom is 0.215 e. The smallest absolute Gasteiger partial charge is 0.215 e. The van der Waals surface area contributed by atoms with Gasteiger partial charge < -0.3 is 14.6 Å². The second kappa shape index (κ2) is 8.99. The van der Waals surface area contributed by atoms with Crippen molar-refractivity contribution >= 4 is 38.7 Å². The van der Waals surface area contributed by atoms with Crippen molar-refractivity contribution in [3.05, 3.63) is 36.1 Å². The highest BCUT2D eigenvalue weighted by Crippen LogP contribution is 2.19. The first kappa shape index (κ1) is 20.0. The van der Waals surface area contributed by atoms with E-state index in [-0.39, 0.29) is 5.75 Å². The molecule has 0 radical (unpaired) electrons. The van der Waals surface area contributed by atoms with Crippen LogP contribution >= 0.6 is 11.8 Å². The molecule has 0 bridgehead atoms. The van der Waals surface area contributed by atoms with Crippen molar-refractivity contribution in [1.82, 2.24) is 14.5 Å². The second-order valence-electron chi connectivity index (χ2n) is 6.41. The molecule has 0 aliphatic carbocycles. The van der Waals surface area contributed by atoms with Crippen LogP contribution in [0.1, 0.15) is 5.76 Å². The quantitative estimate of drug-likeness (QED) is 0.578. The molecule has 0 saturated carbocycles. The van der Waals surface area contributed by atoms with Gasteiger partial charge in [0.2, 0.25) is 10.0 Å². The fourth-order valence-corrected chi connectivity index (χ4v) is 5.55. The van der Waals surface area contributed by atoms with Crippen molar-refractivity contribution < 1.29 is 12.8 Å². The minimum Gasteiger partial charge on any atom is -0.459 e. The van der Waals surface area contributed by atoms with Gasteiger partial charge in [0.25, 0.3) is 0 Å². The molecule has 0 unspecified atom stereocenters. The van der Waals surface area contributed by atoms with Crippen LogP contribution in [0.2, 0.25) is 0 Å². The van der Waals surface area contributed by atoms with E-state index in [2.05, 4.69) is 10.3 Å². The topological polar surface area (TPSA) is 78.2 Å². The van der Waals surface area contributed by atoms with Gasteiger partial charge in [-0.15, -0.1) is 0 Å². The number of hydrogen-bond donors (Lipinski definition) is 1. The van der Waals surface area contributed by atoms with Crippen LogP contribution in [0.25, 0.3) is 11.0 Å². The first-order valence-electron chi connectivity index (χ1n) is 8.94. The zero-order valence-corrected chi connectivity index (χ0v) is 17.4. The molecule has 0 amide bonds. The summed E-state index contributed by atoms with van der Waals surface area (Å²) in [7, 11) is 0.366. The minimum absolute atomic E-state index is 0.0646. The molecule has 0 spiro atoms. The zero-order chi connectivity index (χ0) is 19.3. The molecule has 2 aromatic rings. The molecule has 3 rings (SSSR count). The normalized spacial score (nSPS) is 16.6. The highest BCUT2D eigenvalue weighted by molar-refractivity contribution is 7.99. The summed E-state index contributed by atoms with van der Waals surface area (Å²) >= 11 is 1.80. The van der Waals surface area contributed by atoms with Crippen LogP contribution in [-0.2, 0) is 16.6 Å². The molecule has 1 saturated heterocycles. The van der Waals surface area contributed by atoms with E-state index < -0.39 is 10.0 Å². The number of hydrogen-bond acceptors (Lipinski definition) is 5. The SMILES string of the molecule is CN=C(NCCS(=O)(=O)N1CCSCC1)N(C)Cc1cc2ccccc2o1. The van der Waals surface area contributed by atoms with Crippen LogP contribution in [-0.4, -0.2) is 74.6 Å². The monoisotopic (exact) mass is 410 g/mol. The van der Waals surface area contributed by atoms with E-state index in [0.29, 0.717) is 32.1 Å². The Hall–Kier alpha value is -1.71. The Morgan fingerprint density at radius 3 is 2.78 bits per heavy atom. The Kier molecular flexibility index (Phi) is 6.67. The standard InChI is InChI=1S/C18H26N4O3S2/c1-19-18(20-7-12-27(23,24)22-8-10-26-11-9-22)21(2)14-16-13-15-5-3-4-6-17(15)25-16/h3-6,13H,7-12,14H2,1-2H3,(H,19,20). The molecule has 0 atom stereocenters. The summed E-state index contributed by atoms with van der Waals surface area (Å²) in [6.07, 6.45) is 0. The minimum atomic E-state index is -3.22. The number of thioether (sulfide) groups is 1.